The van der Waals surface area contributed by atoms with Crippen molar-refractivity contribution in [3.8, 4) is 0 Å². The lowest BCUT2D eigenvalue weighted by molar-refractivity contribution is 1.33. The van der Waals surface area contributed by atoms with E-state index in [0.29, 0.717) is 5.69 Å². The Morgan fingerprint density at radius 2 is 1.94 bits per heavy atom. The molecule has 16 heavy (non-hydrogen) atoms. The van der Waals surface area contributed by atoms with Gasteiger partial charge in [-0.05, 0) is 36.6 Å². The Bertz CT molecular complexity index is 468. The molecule has 0 aliphatic carbocycles. The van der Waals surface area contributed by atoms with E-state index in [2.05, 4.69) is 28.7 Å². The number of rotatable bonds is 3. The van der Waals surface area contributed by atoms with Gasteiger partial charge < -0.3 is 11.1 Å². The minimum Gasteiger partial charge on any atom is -0.396 e. The summed E-state index contributed by atoms with van der Waals surface area (Å²) in [5, 5.41) is 3.25. The van der Waals surface area contributed by atoms with Crippen LogP contribution in [0.3, 0.4) is 0 Å². The third-order valence-corrected chi connectivity index (χ3v) is 2.96. The standard InChI is InChI=1S/C12H13N3S/c1-16-10-4-2-9(3-5-10)15-12-6-7-14-8-11(12)13/h2-8H,13H2,1H3,(H,14,15). The van der Waals surface area contributed by atoms with E-state index in [4.69, 9.17) is 5.73 Å². The van der Waals surface area contributed by atoms with Crippen molar-refractivity contribution in [1.29, 1.82) is 0 Å². The Morgan fingerprint density at radius 1 is 1.19 bits per heavy atom. The second-order valence-electron chi connectivity index (χ2n) is 3.32. The molecule has 0 amide bonds. The van der Waals surface area contributed by atoms with E-state index in [0.717, 1.165) is 11.4 Å². The van der Waals surface area contributed by atoms with E-state index in [9.17, 15) is 0 Å². The van der Waals surface area contributed by atoms with Crippen molar-refractivity contribution >= 4 is 28.8 Å². The van der Waals surface area contributed by atoms with Gasteiger partial charge in [0.15, 0.2) is 0 Å². The normalized spacial score (nSPS) is 10.1. The highest BCUT2D eigenvalue weighted by atomic mass is 32.2. The first-order valence-corrected chi connectivity index (χ1v) is 6.12. The van der Waals surface area contributed by atoms with E-state index in [1.807, 2.05) is 18.2 Å². The second kappa shape index (κ2) is 4.90. The maximum atomic E-state index is 5.80. The number of nitrogens with two attached hydrogens (primary N) is 1. The largest absolute Gasteiger partial charge is 0.396 e. The molecule has 3 N–H and O–H groups in total. The number of benzene rings is 1. The van der Waals surface area contributed by atoms with Crippen molar-refractivity contribution < 1.29 is 0 Å². The van der Waals surface area contributed by atoms with Gasteiger partial charge in [-0.1, -0.05) is 0 Å². The number of nitrogen functional groups attached to an aromatic ring is 1. The van der Waals surface area contributed by atoms with E-state index in [1.54, 1.807) is 24.2 Å². The first-order valence-electron chi connectivity index (χ1n) is 4.90. The fourth-order valence-electron chi connectivity index (χ4n) is 1.35. The third kappa shape index (κ3) is 2.46. The summed E-state index contributed by atoms with van der Waals surface area (Å²) in [5.41, 5.74) is 8.35. The maximum absolute atomic E-state index is 5.80. The highest BCUT2D eigenvalue weighted by Crippen LogP contribution is 2.23. The topological polar surface area (TPSA) is 50.9 Å². The van der Waals surface area contributed by atoms with Crippen molar-refractivity contribution in [2.75, 3.05) is 17.3 Å². The fourth-order valence-corrected chi connectivity index (χ4v) is 1.76. The van der Waals surface area contributed by atoms with Crippen LogP contribution in [0.2, 0.25) is 0 Å². The molecular formula is C12H13N3S. The number of pyridine rings is 1. The molecule has 0 saturated carbocycles. The van der Waals surface area contributed by atoms with Crippen LogP contribution in [0.5, 0.6) is 0 Å². The monoisotopic (exact) mass is 231 g/mol. The van der Waals surface area contributed by atoms with Gasteiger partial charge in [-0.15, -0.1) is 11.8 Å². The number of nitrogens with zero attached hydrogens (tertiary/aromatic N) is 1. The summed E-state index contributed by atoms with van der Waals surface area (Å²) >= 11 is 1.72. The SMILES string of the molecule is CSc1ccc(Nc2ccncc2N)cc1. The summed E-state index contributed by atoms with van der Waals surface area (Å²) < 4.78 is 0. The molecule has 0 unspecified atom stereocenters. The van der Waals surface area contributed by atoms with Crippen LogP contribution in [-0.2, 0) is 0 Å². The highest BCUT2D eigenvalue weighted by Gasteiger charge is 1.98. The lowest BCUT2D eigenvalue weighted by atomic mass is 10.3. The lowest BCUT2D eigenvalue weighted by Crippen LogP contribution is -1.96. The number of thioether (sulfide) groups is 1. The lowest BCUT2D eigenvalue weighted by Gasteiger charge is -2.08. The molecule has 2 aromatic rings. The van der Waals surface area contributed by atoms with Gasteiger partial charge in [-0.2, -0.15) is 0 Å². The number of anilines is 3. The van der Waals surface area contributed by atoms with Crippen molar-refractivity contribution in [2.45, 2.75) is 4.90 Å². The smallest absolute Gasteiger partial charge is 0.0739 e. The molecule has 4 heteroatoms. The number of aromatic nitrogens is 1. The van der Waals surface area contributed by atoms with E-state index >= 15 is 0 Å². The first-order chi connectivity index (χ1) is 7.79. The third-order valence-electron chi connectivity index (χ3n) is 2.22. The van der Waals surface area contributed by atoms with Gasteiger partial charge in [0.05, 0.1) is 17.6 Å². The molecule has 0 atom stereocenters. The van der Waals surface area contributed by atoms with Crippen LogP contribution < -0.4 is 11.1 Å². The molecule has 3 nitrogen and oxygen atoms in total. The average Bonchev–Trinajstić information content (AvgIpc) is 2.33. The molecule has 0 aliphatic rings. The molecule has 0 fully saturated rings. The van der Waals surface area contributed by atoms with Crippen molar-refractivity contribution in [3.05, 3.63) is 42.7 Å². The van der Waals surface area contributed by atoms with Gasteiger partial charge in [0, 0.05) is 16.8 Å². The predicted octanol–water partition coefficient (Wildman–Crippen LogP) is 3.13. The summed E-state index contributed by atoms with van der Waals surface area (Å²) in [6.07, 6.45) is 5.41. The highest BCUT2D eigenvalue weighted by molar-refractivity contribution is 7.98. The maximum Gasteiger partial charge on any atom is 0.0739 e. The zero-order valence-electron chi connectivity index (χ0n) is 8.97. The van der Waals surface area contributed by atoms with Crippen molar-refractivity contribution in [3.63, 3.8) is 0 Å². The molecule has 82 valence electrons. The van der Waals surface area contributed by atoms with E-state index < -0.39 is 0 Å². The zero-order chi connectivity index (χ0) is 11.4. The van der Waals surface area contributed by atoms with Gasteiger partial charge in [0.1, 0.15) is 0 Å². The van der Waals surface area contributed by atoms with Crippen LogP contribution in [0, 0.1) is 0 Å². The Kier molecular flexibility index (Phi) is 3.31. The minimum absolute atomic E-state index is 0.649. The molecule has 0 aliphatic heterocycles. The molecule has 0 saturated heterocycles. The van der Waals surface area contributed by atoms with Gasteiger partial charge in [-0.25, -0.2) is 0 Å². The second-order valence-corrected chi connectivity index (χ2v) is 4.20. The van der Waals surface area contributed by atoms with Gasteiger partial charge >= 0.3 is 0 Å². The number of hydrogen-bond acceptors (Lipinski definition) is 4. The summed E-state index contributed by atoms with van der Waals surface area (Å²) in [7, 11) is 0. The Labute approximate surface area is 99.1 Å². The molecule has 2 rings (SSSR count). The summed E-state index contributed by atoms with van der Waals surface area (Å²) in [6, 6.07) is 10.1. The number of nitrogens with one attached hydrogen (secondary N) is 1. The van der Waals surface area contributed by atoms with Gasteiger partial charge in [0.2, 0.25) is 0 Å². The van der Waals surface area contributed by atoms with Crippen LogP contribution in [0.15, 0.2) is 47.6 Å². The quantitative estimate of drug-likeness (QED) is 0.797. The van der Waals surface area contributed by atoms with E-state index in [-0.39, 0.29) is 0 Å². The Balaban J connectivity index is 2.18. The van der Waals surface area contributed by atoms with E-state index in [1.165, 1.54) is 4.90 Å². The Morgan fingerprint density at radius 3 is 2.56 bits per heavy atom. The number of hydrogen-bond donors (Lipinski definition) is 2. The first kappa shape index (κ1) is 10.8. The summed E-state index contributed by atoms with van der Waals surface area (Å²) in [6.45, 7) is 0. The molecule has 1 heterocycles. The van der Waals surface area contributed by atoms with Crippen LogP contribution in [0.1, 0.15) is 0 Å². The van der Waals surface area contributed by atoms with Crippen LogP contribution in [0.4, 0.5) is 17.1 Å². The average molecular weight is 231 g/mol. The van der Waals surface area contributed by atoms with Crippen molar-refractivity contribution in [2.24, 2.45) is 0 Å². The molecule has 0 bridgehead atoms. The minimum atomic E-state index is 0.649. The van der Waals surface area contributed by atoms with Crippen molar-refractivity contribution in [1.82, 2.24) is 4.98 Å². The van der Waals surface area contributed by atoms with Crippen LogP contribution >= 0.6 is 11.8 Å². The fraction of sp³-hybridized carbons (Fsp3) is 0.0833. The van der Waals surface area contributed by atoms with Crippen LogP contribution in [-0.4, -0.2) is 11.2 Å². The zero-order valence-corrected chi connectivity index (χ0v) is 9.79. The molecule has 1 aromatic carbocycles. The summed E-state index contributed by atoms with van der Waals surface area (Å²) in [5.74, 6) is 0. The summed E-state index contributed by atoms with van der Waals surface area (Å²) in [4.78, 5) is 5.19. The van der Waals surface area contributed by atoms with Gasteiger partial charge in [-0.3, -0.25) is 4.98 Å². The Hall–Kier alpha value is -1.68. The molecule has 0 spiro atoms. The van der Waals surface area contributed by atoms with Gasteiger partial charge in [0.25, 0.3) is 0 Å². The predicted molar refractivity (Wildman–Crippen MR) is 70.2 cm³/mol. The van der Waals surface area contributed by atoms with Crippen LogP contribution in [0.25, 0.3) is 0 Å². The molecule has 1 aromatic heterocycles. The molecule has 0 radical (unpaired) electrons. The molecular weight excluding hydrogens is 218 g/mol.